The Morgan fingerprint density at radius 3 is 1.10 bits per heavy atom. The Bertz CT molecular complexity index is 5430. The van der Waals surface area contributed by atoms with Gasteiger partial charge in [-0.1, -0.05) is 223 Å². The number of hydrogen-bond donors (Lipinski definition) is 0. The molecule has 0 N–H and O–H groups in total. The smallest absolute Gasteiger partial charge is 0.169 e. The molecule has 14 heteroatoms. The summed E-state index contributed by atoms with van der Waals surface area (Å²) in [7, 11) is 0. The molecule has 0 bridgehead atoms. The number of para-hydroxylation sites is 2. The molecule has 9 nitrogen and oxygen atoms in total. The van der Waals surface area contributed by atoms with Crippen LogP contribution >= 0.6 is 11.3 Å². The van der Waals surface area contributed by atoms with Crippen LogP contribution in [0.1, 0.15) is 78.1 Å². The molecule has 16 aromatic rings. The topological polar surface area (TPSA) is 100 Å². The largest absolute Gasteiger partial charge is 0.448 e. The quantitative estimate of drug-likeness (QED) is 0.0887. The predicted octanol–water partition coefficient (Wildman–Crippen LogP) is 24.8. The molecule has 0 fully saturated rings. The molecule has 0 amide bonds. The second-order valence-electron chi connectivity index (χ2n) is 26.9. The van der Waals surface area contributed by atoms with Crippen molar-refractivity contribution in [2.45, 2.75) is 69.2 Å². The Labute approximate surface area is 703 Å². The second-order valence-corrected chi connectivity index (χ2v) is 27.9. The standard InChI is InChI=1S/2C24H22N3.C24H20NO.C24H20NS.4Rh/c1-16-10-8-9-13-22(16)27-19(4)24(25-26-27)23-17(2)14-21(15-18(23)3)20-11-6-5-7-12-20;1-16-10-8-9-13-22(16)27-25-19(4)24(26-27)23-17(2)14-21(15-18(23)3)20-11-6-5-7-12-20;2*1-16-9-7-8-12-21(16)24-25-15-22(26-24)23-17(2)13-20(14-18(23)3)19-10-5-4-6-11-19;;;;/h2*5-15H,1H2,2-4H3;2*4-15H,1H2,2-3H3;;;;/q4*-1;;;;. The molecule has 0 aliphatic rings. The van der Waals surface area contributed by atoms with Crippen molar-refractivity contribution in [1.82, 2.24) is 40.0 Å². The summed E-state index contributed by atoms with van der Waals surface area (Å²) >= 11 is 1.73. The van der Waals surface area contributed by atoms with Crippen LogP contribution in [0.15, 0.2) is 284 Å². The van der Waals surface area contributed by atoms with Gasteiger partial charge in [0.1, 0.15) is 11.4 Å². The van der Waals surface area contributed by atoms with Crippen molar-refractivity contribution in [2.75, 3.05) is 0 Å². The third kappa shape index (κ3) is 18.8. The molecule has 0 aliphatic heterocycles. The van der Waals surface area contributed by atoms with Crippen molar-refractivity contribution in [3.63, 3.8) is 0 Å². The van der Waals surface area contributed by atoms with E-state index in [2.05, 4.69) is 273 Å². The van der Waals surface area contributed by atoms with Crippen molar-refractivity contribution in [3.05, 3.63) is 385 Å². The maximum absolute atomic E-state index is 6.09. The van der Waals surface area contributed by atoms with Crippen molar-refractivity contribution in [3.8, 4) is 122 Å². The zero-order chi connectivity index (χ0) is 74.1. The van der Waals surface area contributed by atoms with Crippen molar-refractivity contribution in [1.29, 1.82) is 0 Å². The van der Waals surface area contributed by atoms with Gasteiger partial charge in [-0.05, 0) is 175 Å². The molecule has 110 heavy (non-hydrogen) atoms. The van der Waals surface area contributed by atoms with Crippen molar-refractivity contribution in [2.24, 2.45) is 0 Å². The SMILES string of the molecule is [CH2-]c1ccccc1-c1ncc(-c2c(C)cc(-c3ccccc3)cc2C)o1.[CH2-]c1ccccc1-c1ncc(-c2c(C)cc(-c3ccccc3)cc2C)s1.[CH2-]c1ccccc1-n1nc(C)c(-c2c(C)cc(-c3ccccc3)cc2C)n1.[CH2-]c1ccccc1-n1nnc(-c2c(C)cc(-c3ccccc3)cc2C)c1C.[Rh].[Rh].[Rh].[Rh]. The molecular formula is C96H84N8ORh4S-4. The number of benzene rings is 12. The van der Waals surface area contributed by atoms with E-state index in [4.69, 9.17) is 9.52 Å². The monoisotopic (exact) mass is 1810 g/mol. The van der Waals surface area contributed by atoms with E-state index in [-0.39, 0.29) is 77.9 Å². The van der Waals surface area contributed by atoms with Crippen LogP contribution in [-0.2, 0) is 77.9 Å². The van der Waals surface area contributed by atoms with E-state index in [1.54, 1.807) is 22.3 Å². The van der Waals surface area contributed by atoms with Crippen LogP contribution in [0.5, 0.6) is 0 Å². The van der Waals surface area contributed by atoms with Gasteiger partial charge in [-0.15, -0.1) is 52.8 Å². The molecule has 4 heterocycles. The van der Waals surface area contributed by atoms with E-state index in [1.807, 2.05) is 127 Å². The first-order chi connectivity index (χ1) is 51.4. The molecule has 0 saturated carbocycles. The van der Waals surface area contributed by atoms with Gasteiger partial charge in [0, 0.05) is 101 Å². The van der Waals surface area contributed by atoms with Gasteiger partial charge in [0.05, 0.1) is 27.5 Å². The fraction of sp³-hybridized carbons (Fsp3) is 0.104. The van der Waals surface area contributed by atoms with Crippen LogP contribution in [0, 0.1) is 96.9 Å². The summed E-state index contributed by atoms with van der Waals surface area (Å²) < 4.78 is 7.97. The van der Waals surface area contributed by atoms with Gasteiger partial charge in [0.15, 0.2) is 11.7 Å². The third-order valence-electron chi connectivity index (χ3n) is 19.1. The fourth-order valence-electron chi connectivity index (χ4n) is 14.0. The minimum absolute atomic E-state index is 0. The molecule has 0 aliphatic carbocycles. The van der Waals surface area contributed by atoms with Gasteiger partial charge in [-0.3, -0.25) is 9.67 Å². The number of aryl methyl sites for hydroxylation is 9. The summed E-state index contributed by atoms with van der Waals surface area (Å²) in [6.07, 6.45) is 3.79. The molecule has 4 aromatic heterocycles. The molecule has 0 atom stereocenters. The molecule has 16 rings (SSSR count). The number of aromatic nitrogens is 8. The first-order valence-corrected chi connectivity index (χ1v) is 36.3. The van der Waals surface area contributed by atoms with E-state index in [1.165, 1.54) is 99.5 Å². The van der Waals surface area contributed by atoms with Crippen LogP contribution in [-0.4, -0.2) is 40.0 Å². The molecule has 0 saturated heterocycles. The molecule has 12 aromatic carbocycles. The number of oxazole rings is 1. The van der Waals surface area contributed by atoms with Gasteiger partial charge in [0.2, 0.25) is 0 Å². The molecular weight excluding hydrogens is 1720 g/mol. The van der Waals surface area contributed by atoms with Crippen LogP contribution in [0.2, 0.25) is 0 Å². The van der Waals surface area contributed by atoms with E-state index in [0.717, 1.165) is 95.0 Å². The normalized spacial score (nSPS) is 10.5. The summed E-state index contributed by atoms with van der Waals surface area (Å²) in [6.45, 7) is 37.6. The first-order valence-electron chi connectivity index (χ1n) is 35.5. The Balaban J connectivity index is 0.000000167. The Morgan fingerprint density at radius 1 is 0.327 bits per heavy atom. The Morgan fingerprint density at radius 2 is 0.682 bits per heavy atom. The van der Waals surface area contributed by atoms with Gasteiger partial charge < -0.3 is 4.42 Å². The third-order valence-corrected chi connectivity index (χ3v) is 20.2. The Hall–Kier alpha value is -10.3. The van der Waals surface area contributed by atoms with Gasteiger partial charge >= 0.3 is 0 Å². The molecule has 4 radical (unpaired) electrons. The summed E-state index contributed by atoms with van der Waals surface area (Å²) in [6, 6.07) is 91.7. The first kappa shape index (κ1) is 83.8. The second kappa shape index (κ2) is 37.9. The maximum Gasteiger partial charge on any atom is 0.169 e. The van der Waals surface area contributed by atoms with Crippen LogP contribution < -0.4 is 0 Å². The summed E-state index contributed by atoms with van der Waals surface area (Å²) in [4.78, 5) is 12.0. The van der Waals surface area contributed by atoms with E-state index < -0.39 is 0 Å². The summed E-state index contributed by atoms with van der Waals surface area (Å²) in [5.41, 5.74) is 35.7. The zero-order valence-electron chi connectivity index (χ0n) is 63.1. The van der Waals surface area contributed by atoms with E-state index >= 15 is 0 Å². The summed E-state index contributed by atoms with van der Waals surface area (Å²) in [5.74, 6) is 1.40. The summed E-state index contributed by atoms with van der Waals surface area (Å²) in [5, 5.41) is 19.4. The van der Waals surface area contributed by atoms with Crippen LogP contribution in [0.4, 0.5) is 0 Å². The Kier molecular flexibility index (Phi) is 28.9. The van der Waals surface area contributed by atoms with Gasteiger partial charge in [-0.2, -0.15) is 84.4 Å². The molecule has 0 spiro atoms. The predicted molar refractivity (Wildman–Crippen MR) is 441 cm³/mol. The van der Waals surface area contributed by atoms with E-state index in [9.17, 15) is 0 Å². The van der Waals surface area contributed by atoms with E-state index in [0.29, 0.717) is 5.89 Å². The average molecular weight is 1810 g/mol. The van der Waals surface area contributed by atoms with Crippen molar-refractivity contribution < 1.29 is 82.3 Å². The fourth-order valence-corrected chi connectivity index (χ4v) is 15.1. The van der Waals surface area contributed by atoms with Gasteiger partial charge in [0.25, 0.3) is 0 Å². The van der Waals surface area contributed by atoms with Crippen LogP contribution in [0.25, 0.3) is 122 Å². The minimum atomic E-state index is 0. The number of nitrogens with zero attached hydrogens (tertiary/aromatic N) is 8. The number of rotatable bonds is 12. The van der Waals surface area contributed by atoms with Crippen LogP contribution in [0.3, 0.4) is 0 Å². The van der Waals surface area contributed by atoms with Gasteiger partial charge in [-0.25, -0.2) is 9.78 Å². The number of thiazole rings is 1. The molecule has 560 valence electrons. The average Bonchev–Trinajstić information content (AvgIpc) is 1.61. The molecule has 0 unspecified atom stereocenters. The van der Waals surface area contributed by atoms with Crippen molar-refractivity contribution >= 4 is 11.3 Å². The number of hydrogen-bond acceptors (Lipinski definition) is 8. The minimum Gasteiger partial charge on any atom is -0.448 e. The zero-order valence-corrected chi connectivity index (χ0v) is 70.5. The maximum atomic E-state index is 6.09.